The lowest BCUT2D eigenvalue weighted by Crippen LogP contribution is -1.85. The van der Waals surface area contributed by atoms with Crippen LogP contribution in [0.4, 0.5) is 0 Å². The van der Waals surface area contributed by atoms with E-state index in [0.29, 0.717) is 0 Å². The lowest BCUT2D eigenvalue weighted by Gasteiger charge is -2.11. The molecule has 166 valence electrons. The molecule has 0 amide bonds. The predicted octanol–water partition coefficient (Wildman–Crippen LogP) is 9.73. The Bertz CT molecular complexity index is 1460. The quantitative estimate of drug-likeness (QED) is 0.224. The third-order valence-corrected chi connectivity index (χ3v) is 6.58. The van der Waals surface area contributed by atoms with E-state index in [0.717, 1.165) is 0 Å². The number of fused-ring (bicyclic) bond motifs is 6. The molecule has 0 heteroatoms. The second-order valence-electron chi connectivity index (χ2n) is 9.38. The molecule has 0 spiro atoms. The van der Waals surface area contributed by atoms with Crippen molar-refractivity contribution in [3.8, 4) is 11.1 Å². The molecule has 0 aromatic heterocycles. The SMILES string of the molecule is Cc1ccc(-c2ccc(C)cc2)cc1.Cc1ccc2c3ccc(C)cc3c3ccccc3c2c1. The second kappa shape index (κ2) is 9.15. The van der Waals surface area contributed by atoms with Crippen LogP contribution in [0, 0.1) is 27.7 Å². The van der Waals surface area contributed by atoms with Crippen LogP contribution in [0.25, 0.3) is 43.4 Å². The Balaban J connectivity index is 0.000000152. The largest absolute Gasteiger partial charge is 0.0616 e. The molecule has 0 nitrogen and oxygen atoms in total. The van der Waals surface area contributed by atoms with Crippen LogP contribution in [0.1, 0.15) is 22.3 Å². The molecule has 0 radical (unpaired) electrons. The van der Waals surface area contributed by atoms with E-state index in [2.05, 4.69) is 137 Å². The molecule has 34 heavy (non-hydrogen) atoms. The summed E-state index contributed by atoms with van der Waals surface area (Å²) in [5.41, 5.74) is 7.82. The molecule has 0 heterocycles. The lowest BCUT2D eigenvalue weighted by atomic mass is 9.93. The van der Waals surface area contributed by atoms with Gasteiger partial charge in [-0.2, -0.15) is 0 Å². The molecule has 6 aromatic rings. The first-order chi connectivity index (χ1) is 16.5. The zero-order valence-electron chi connectivity index (χ0n) is 20.4. The number of benzene rings is 6. The van der Waals surface area contributed by atoms with Crippen molar-refractivity contribution in [1.82, 2.24) is 0 Å². The van der Waals surface area contributed by atoms with Crippen molar-refractivity contribution in [2.24, 2.45) is 0 Å². The average molecular weight is 439 g/mol. The van der Waals surface area contributed by atoms with Crippen LogP contribution in [0.5, 0.6) is 0 Å². The van der Waals surface area contributed by atoms with Crippen molar-refractivity contribution in [2.45, 2.75) is 27.7 Å². The maximum Gasteiger partial charge on any atom is -0.00963 e. The first-order valence-electron chi connectivity index (χ1n) is 11.9. The summed E-state index contributed by atoms with van der Waals surface area (Å²) in [5, 5.41) is 8.12. The molecule has 6 aromatic carbocycles. The van der Waals surface area contributed by atoms with Gasteiger partial charge >= 0.3 is 0 Å². The smallest absolute Gasteiger partial charge is 0.00963 e. The summed E-state index contributed by atoms with van der Waals surface area (Å²) in [4.78, 5) is 0. The normalized spacial score (nSPS) is 10.9. The molecule has 0 aliphatic carbocycles. The third kappa shape index (κ3) is 4.32. The van der Waals surface area contributed by atoms with Crippen LogP contribution in [0.15, 0.2) is 109 Å². The van der Waals surface area contributed by atoms with Gasteiger partial charge in [-0.25, -0.2) is 0 Å². The summed E-state index contributed by atoms with van der Waals surface area (Å²) < 4.78 is 0. The van der Waals surface area contributed by atoms with Crippen molar-refractivity contribution < 1.29 is 0 Å². The fourth-order valence-corrected chi connectivity index (χ4v) is 4.68. The van der Waals surface area contributed by atoms with Crippen molar-refractivity contribution in [3.63, 3.8) is 0 Å². The van der Waals surface area contributed by atoms with Gasteiger partial charge in [0.05, 0.1) is 0 Å². The topological polar surface area (TPSA) is 0 Å². The monoisotopic (exact) mass is 438 g/mol. The minimum absolute atomic E-state index is 1.29. The highest BCUT2D eigenvalue weighted by molar-refractivity contribution is 6.25. The summed E-state index contributed by atoms with van der Waals surface area (Å²) >= 11 is 0. The summed E-state index contributed by atoms with van der Waals surface area (Å²) in [6.07, 6.45) is 0. The highest BCUT2D eigenvalue weighted by atomic mass is 14.1. The van der Waals surface area contributed by atoms with Gasteiger partial charge in [0, 0.05) is 0 Å². The Hall–Kier alpha value is -3.90. The Labute approximate surface area is 202 Å². The number of aryl methyl sites for hydroxylation is 4. The van der Waals surface area contributed by atoms with E-state index in [4.69, 9.17) is 0 Å². The van der Waals surface area contributed by atoms with Crippen LogP contribution < -0.4 is 0 Å². The molecular weight excluding hydrogens is 408 g/mol. The van der Waals surface area contributed by atoms with E-state index >= 15 is 0 Å². The van der Waals surface area contributed by atoms with E-state index < -0.39 is 0 Å². The predicted molar refractivity (Wildman–Crippen MR) is 150 cm³/mol. The Morgan fingerprint density at radius 1 is 0.294 bits per heavy atom. The highest BCUT2D eigenvalue weighted by Crippen LogP contribution is 2.35. The van der Waals surface area contributed by atoms with Gasteiger partial charge in [-0.3, -0.25) is 0 Å². The highest BCUT2D eigenvalue weighted by Gasteiger charge is 2.08. The maximum atomic E-state index is 2.30. The second-order valence-corrected chi connectivity index (χ2v) is 9.38. The van der Waals surface area contributed by atoms with Gasteiger partial charge in [0.1, 0.15) is 0 Å². The van der Waals surface area contributed by atoms with E-state index in [9.17, 15) is 0 Å². The van der Waals surface area contributed by atoms with E-state index in [1.807, 2.05) is 0 Å². The van der Waals surface area contributed by atoms with Gasteiger partial charge in [-0.15, -0.1) is 0 Å². The van der Waals surface area contributed by atoms with Crippen molar-refractivity contribution in [1.29, 1.82) is 0 Å². The first-order valence-corrected chi connectivity index (χ1v) is 11.9. The van der Waals surface area contributed by atoms with Crippen molar-refractivity contribution >= 4 is 32.3 Å². The van der Waals surface area contributed by atoms with Crippen LogP contribution in [-0.4, -0.2) is 0 Å². The lowest BCUT2D eigenvalue weighted by molar-refractivity contribution is 1.45. The molecule has 0 atom stereocenters. The van der Waals surface area contributed by atoms with Gasteiger partial charge in [0.25, 0.3) is 0 Å². The average Bonchev–Trinajstić information content (AvgIpc) is 2.86. The van der Waals surface area contributed by atoms with Crippen molar-refractivity contribution in [3.05, 3.63) is 131 Å². The zero-order valence-corrected chi connectivity index (χ0v) is 20.4. The first kappa shape index (κ1) is 21.9. The minimum atomic E-state index is 1.29. The molecule has 0 fully saturated rings. The third-order valence-electron chi connectivity index (χ3n) is 6.58. The number of hydrogen-bond donors (Lipinski definition) is 0. The van der Waals surface area contributed by atoms with Crippen LogP contribution >= 0.6 is 0 Å². The number of hydrogen-bond acceptors (Lipinski definition) is 0. The molecule has 0 saturated carbocycles. The summed E-state index contributed by atoms with van der Waals surface area (Å²) in [6.45, 7) is 8.54. The molecule has 0 bridgehead atoms. The van der Waals surface area contributed by atoms with Crippen LogP contribution in [-0.2, 0) is 0 Å². The Morgan fingerprint density at radius 2 is 0.618 bits per heavy atom. The number of rotatable bonds is 1. The van der Waals surface area contributed by atoms with E-state index in [1.54, 1.807) is 0 Å². The van der Waals surface area contributed by atoms with Crippen molar-refractivity contribution in [2.75, 3.05) is 0 Å². The van der Waals surface area contributed by atoms with Gasteiger partial charge < -0.3 is 0 Å². The summed E-state index contributed by atoms with van der Waals surface area (Å²) in [6, 6.07) is 39.5. The van der Waals surface area contributed by atoms with Crippen LogP contribution in [0.3, 0.4) is 0 Å². The molecule has 0 aliphatic rings. The fourth-order valence-electron chi connectivity index (χ4n) is 4.68. The van der Waals surface area contributed by atoms with Gasteiger partial charge in [-0.05, 0) is 71.1 Å². The van der Waals surface area contributed by atoms with E-state index in [-0.39, 0.29) is 0 Å². The zero-order chi connectivity index (χ0) is 23.7. The Kier molecular flexibility index (Phi) is 5.90. The summed E-state index contributed by atoms with van der Waals surface area (Å²) in [7, 11) is 0. The summed E-state index contributed by atoms with van der Waals surface area (Å²) in [5.74, 6) is 0. The van der Waals surface area contributed by atoms with Gasteiger partial charge in [-0.1, -0.05) is 131 Å². The maximum absolute atomic E-state index is 2.30. The van der Waals surface area contributed by atoms with E-state index in [1.165, 1.54) is 65.7 Å². The van der Waals surface area contributed by atoms with Crippen LogP contribution in [0.2, 0.25) is 0 Å². The fraction of sp³-hybridized carbons (Fsp3) is 0.118. The molecular formula is C34H30. The molecule has 0 N–H and O–H groups in total. The van der Waals surface area contributed by atoms with Gasteiger partial charge in [0.2, 0.25) is 0 Å². The van der Waals surface area contributed by atoms with Gasteiger partial charge in [0.15, 0.2) is 0 Å². The standard InChI is InChI=1S/C20H16.C14H14/c1-13-7-9-17-18-10-8-14(2)12-20(18)16-6-4-3-5-15(16)19(17)11-13;1-11-3-7-13(8-4-11)14-9-5-12(2)6-10-14/h3-12H,1-2H3;3-10H,1-2H3. The molecule has 6 rings (SSSR count). The molecule has 0 saturated heterocycles. The minimum Gasteiger partial charge on any atom is -0.0616 e. The molecule has 0 unspecified atom stereocenters. The Morgan fingerprint density at radius 3 is 1.00 bits per heavy atom. The molecule has 0 aliphatic heterocycles.